The number of fused-ring (bicyclic) bond motifs is 1. The lowest BCUT2D eigenvalue weighted by molar-refractivity contribution is -0.130. The average Bonchev–Trinajstić information content (AvgIpc) is 3.22. The maximum atomic E-state index is 13.2. The van der Waals surface area contributed by atoms with E-state index < -0.39 is 0 Å². The van der Waals surface area contributed by atoms with Crippen molar-refractivity contribution in [1.82, 2.24) is 15.0 Å². The number of hydrogen-bond donors (Lipinski definition) is 0. The number of methoxy groups -OCH3 is 2. The SMILES string of the molecule is COc1cc2c(cc1OC)C(c1ccccc1)N(C(=O)CSCc1noc(C)n1)CC2. The van der Waals surface area contributed by atoms with Crippen LogP contribution in [0, 0.1) is 6.92 Å². The minimum atomic E-state index is -0.176. The summed E-state index contributed by atoms with van der Waals surface area (Å²) in [7, 11) is 3.27. The molecule has 0 fully saturated rings. The highest BCUT2D eigenvalue weighted by Gasteiger charge is 2.33. The van der Waals surface area contributed by atoms with Gasteiger partial charge in [0.15, 0.2) is 17.3 Å². The molecule has 1 aromatic heterocycles. The monoisotopic (exact) mass is 439 g/mol. The molecular formula is C23H25N3O4S. The van der Waals surface area contributed by atoms with E-state index in [0.717, 1.165) is 17.5 Å². The molecular weight excluding hydrogens is 414 g/mol. The summed E-state index contributed by atoms with van der Waals surface area (Å²) in [5, 5.41) is 3.90. The summed E-state index contributed by atoms with van der Waals surface area (Å²) < 4.78 is 16.0. The van der Waals surface area contributed by atoms with Gasteiger partial charge in [0.1, 0.15) is 0 Å². The number of nitrogens with zero attached hydrogens (tertiary/aromatic N) is 3. The van der Waals surface area contributed by atoms with Gasteiger partial charge in [-0.15, -0.1) is 11.8 Å². The van der Waals surface area contributed by atoms with Gasteiger partial charge >= 0.3 is 0 Å². The predicted octanol–water partition coefficient (Wildman–Crippen LogP) is 3.80. The molecule has 0 N–H and O–H groups in total. The number of amides is 1. The Morgan fingerprint density at radius 1 is 1.19 bits per heavy atom. The Morgan fingerprint density at radius 3 is 2.61 bits per heavy atom. The molecule has 2 heterocycles. The van der Waals surface area contributed by atoms with Gasteiger partial charge in [-0.2, -0.15) is 4.98 Å². The summed E-state index contributed by atoms with van der Waals surface area (Å²) in [6, 6.07) is 14.0. The lowest BCUT2D eigenvalue weighted by Crippen LogP contribution is -2.41. The fourth-order valence-electron chi connectivity index (χ4n) is 3.92. The second-order valence-electron chi connectivity index (χ2n) is 7.28. The number of thioether (sulfide) groups is 1. The number of carbonyl (C=O) groups is 1. The van der Waals surface area contributed by atoms with Crippen LogP contribution < -0.4 is 9.47 Å². The van der Waals surface area contributed by atoms with Crippen LogP contribution in [-0.4, -0.2) is 47.5 Å². The molecule has 1 aliphatic heterocycles. The third kappa shape index (κ3) is 4.54. The molecule has 0 bridgehead atoms. The van der Waals surface area contributed by atoms with E-state index in [2.05, 4.69) is 22.3 Å². The van der Waals surface area contributed by atoms with Crippen LogP contribution in [0.15, 0.2) is 47.0 Å². The van der Waals surface area contributed by atoms with E-state index in [0.29, 0.717) is 41.3 Å². The lowest BCUT2D eigenvalue weighted by atomic mass is 9.87. The fourth-order valence-corrected chi connectivity index (χ4v) is 4.66. The van der Waals surface area contributed by atoms with Crippen molar-refractivity contribution in [2.24, 2.45) is 0 Å². The molecule has 0 aliphatic carbocycles. The summed E-state index contributed by atoms with van der Waals surface area (Å²) in [4.78, 5) is 19.4. The molecule has 4 rings (SSSR count). The first-order chi connectivity index (χ1) is 15.1. The number of hydrogen-bond acceptors (Lipinski definition) is 7. The maximum absolute atomic E-state index is 13.2. The van der Waals surface area contributed by atoms with Gasteiger partial charge < -0.3 is 18.9 Å². The molecule has 3 aromatic rings. The van der Waals surface area contributed by atoms with Crippen LogP contribution in [0.4, 0.5) is 0 Å². The van der Waals surface area contributed by atoms with Crippen molar-refractivity contribution >= 4 is 17.7 Å². The van der Waals surface area contributed by atoms with Gasteiger partial charge in [0.25, 0.3) is 0 Å². The molecule has 1 atom stereocenters. The van der Waals surface area contributed by atoms with E-state index in [1.54, 1.807) is 21.1 Å². The Hall–Kier alpha value is -3.00. The summed E-state index contributed by atoms with van der Waals surface area (Å²) in [6.07, 6.45) is 0.763. The Balaban J connectivity index is 1.60. The molecule has 1 unspecified atom stereocenters. The summed E-state index contributed by atoms with van der Waals surface area (Å²) >= 11 is 1.49. The van der Waals surface area contributed by atoms with Crippen LogP contribution in [-0.2, 0) is 17.0 Å². The fraction of sp³-hybridized carbons (Fsp3) is 0.348. The molecule has 7 nitrogen and oxygen atoms in total. The van der Waals surface area contributed by atoms with E-state index >= 15 is 0 Å². The van der Waals surface area contributed by atoms with Gasteiger partial charge in [-0.05, 0) is 35.2 Å². The van der Waals surface area contributed by atoms with Crippen molar-refractivity contribution in [2.75, 3.05) is 26.5 Å². The number of aromatic nitrogens is 2. The van der Waals surface area contributed by atoms with Crippen molar-refractivity contribution < 1.29 is 18.8 Å². The van der Waals surface area contributed by atoms with E-state index in [1.807, 2.05) is 35.2 Å². The van der Waals surface area contributed by atoms with Gasteiger partial charge in [-0.1, -0.05) is 35.5 Å². The van der Waals surface area contributed by atoms with E-state index in [9.17, 15) is 4.79 Å². The molecule has 0 saturated carbocycles. The van der Waals surface area contributed by atoms with Crippen molar-refractivity contribution in [3.63, 3.8) is 0 Å². The molecule has 2 aromatic carbocycles. The first-order valence-corrected chi connectivity index (χ1v) is 11.2. The highest BCUT2D eigenvalue weighted by molar-refractivity contribution is 7.99. The Labute approximate surface area is 185 Å². The van der Waals surface area contributed by atoms with Gasteiger partial charge in [0, 0.05) is 13.5 Å². The highest BCUT2D eigenvalue weighted by Crippen LogP contribution is 2.41. The molecule has 8 heteroatoms. The molecule has 0 saturated heterocycles. The van der Waals surface area contributed by atoms with Crippen molar-refractivity contribution in [3.8, 4) is 11.5 Å². The molecule has 0 radical (unpaired) electrons. The topological polar surface area (TPSA) is 77.7 Å². The standard InChI is InChI=1S/C23H25N3O4S/c1-15-24-21(25-30-15)13-31-14-22(27)26-10-9-17-11-19(28-2)20(29-3)12-18(17)23(26)16-7-5-4-6-8-16/h4-8,11-12,23H,9-10,13-14H2,1-3H3. The number of benzene rings is 2. The lowest BCUT2D eigenvalue weighted by Gasteiger charge is -2.38. The molecule has 162 valence electrons. The zero-order valence-electron chi connectivity index (χ0n) is 17.8. The van der Waals surface area contributed by atoms with Crippen LogP contribution in [0.25, 0.3) is 0 Å². The first kappa shape index (κ1) is 21.2. The average molecular weight is 440 g/mol. The molecule has 0 spiro atoms. The number of carbonyl (C=O) groups excluding carboxylic acids is 1. The van der Waals surface area contributed by atoms with Gasteiger partial charge in [0.05, 0.1) is 31.8 Å². The largest absolute Gasteiger partial charge is 0.493 e. The van der Waals surface area contributed by atoms with Crippen LogP contribution >= 0.6 is 11.8 Å². The smallest absolute Gasteiger partial charge is 0.233 e. The number of rotatable bonds is 7. The molecule has 31 heavy (non-hydrogen) atoms. The van der Waals surface area contributed by atoms with E-state index in [4.69, 9.17) is 14.0 Å². The second-order valence-corrected chi connectivity index (χ2v) is 8.26. The van der Waals surface area contributed by atoms with E-state index in [1.165, 1.54) is 17.3 Å². The van der Waals surface area contributed by atoms with Gasteiger partial charge in [0.2, 0.25) is 11.8 Å². The van der Waals surface area contributed by atoms with Crippen molar-refractivity contribution in [1.29, 1.82) is 0 Å². The van der Waals surface area contributed by atoms with Gasteiger partial charge in [-0.3, -0.25) is 4.79 Å². The number of ether oxygens (including phenoxy) is 2. The van der Waals surface area contributed by atoms with Crippen LogP contribution in [0.5, 0.6) is 11.5 Å². The summed E-state index contributed by atoms with van der Waals surface area (Å²) in [6.45, 7) is 2.40. The highest BCUT2D eigenvalue weighted by atomic mass is 32.2. The zero-order valence-corrected chi connectivity index (χ0v) is 18.6. The minimum Gasteiger partial charge on any atom is -0.493 e. The molecule has 1 amide bonds. The second kappa shape index (κ2) is 9.43. The Morgan fingerprint density at radius 2 is 1.94 bits per heavy atom. The van der Waals surface area contributed by atoms with Crippen LogP contribution in [0.2, 0.25) is 0 Å². The van der Waals surface area contributed by atoms with Crippen molar-refractivity contribution in [2.45, 2.75) is 25.1 Å². The maximum Gasteiger partial charge on any atom is 0.233 e. The zero-order chi connectivity index (χ0) is 21.8. The Kier molecular flexibility index (Phi) is 6.46. The molecule has 1 aliphatic rings. The normalized spacial score (nSPS) is 15.5. The summed E-state index contributed by atoms with van der Waals surface area (Å²) in [5.74, 6) is 3.48. The Bertz CT molecular complexity index is 1050. The van der Waals surface area contributed by atoms with Crippen LogP contribution in [0.1, 0.15) is 34.4 Å². The van der Waals surface area contributed by atoms with Gasteiger partial charge in [-0.25, -0.2) is 0 Å². The number of aryl methyl sites for hydroxylation is 1. The summed E-state index contributed by atoms with van der Waals surface area (Å²) in [5.41, 5.74) is 3.32. The third-order valence-corrected chi connectivity index (χ3v) is 6.25. The quantitative estimate of drug-likeness (QED) is 0.554. The third-order valence-electron chi connectivity index (χ3n) is 5.34. The van der Waals surface area contributed by atoms with Crippen LogP contribution in [0.3, 0.4) is 0 Å². The van der Waals surface area contributed by atoms with E-state index in [-0.39, 0.29) is 11.9 Å². The minimum absolute atomic E-state index is 0.0829. The predicted molar refractivity (Wildman–Crippen MR) is 118 cm³/mol. The first-order valence-electron chi connectivity index (χ1n) is 10.1. The van der Waals surface area contributed by atoms with Crippen molar-refractivity contribution in [3.05, 3.63) is 70.9 Å².